The monoisotopic (exact) mass is 336 g/mol. The van der Waals surface area contributed by atoms with Gasteiger partial charge in [-0.15, -0.1) is 0 Å². The molecule has 6 nitrogen and oxygen atoms in total. The first kappa shape index (κ1) is 17.3. The average molecular weight is 337 g/mol. The van der Waals surface area contributed by atoms with Crippen molar-refractivity contribution in [2.24, 2.45) is 5.92 Å². The molecule has 124 valence electrons. The summed E-state index contributed by atoms with van der Waals surface area (Å²) < 4.78 is 1.64. The molecule has 1 heterocycles. The van der Waals surface area contributed by atoms with Crippen LogP contribution in [0, 0.1) is 5.92 Å². The number of hydrogen-bond acceptors (Lipinski definition) is 3. The fraction of sp³-hybridized carbons (Fsp3) is 0.375. The fourth-order valence-electron chi connectivity index (χ4n) is 1.82. The van der Waals surface area contributed by atoms with Crippen LogP contribution < -0.4 is 10.6 Å². The maximum Gasteiger partial charge on any atom is 0.319 e. The van der Waals surface area contributed by atoms with Crippen molar-refractivity contribution >= 4 is 23.3 Å². The van der Waals surface area contributed by atoms with Crippen molar-refractivity contribution in [3.63, 3.8) is 0 Å². The van der Waals surface area contributed by atoms with Gasteiger partial charge >= 0.3 is 6.03 Å². The van der Waals surface area contributed by atoms with Crippen LogP contribution in [0.1, 0.15) is 20.8 Å². The van der Waals surface area contributed by atoms with E-state index in [1.165, 1.54) is 0 Å². The molecular weight excluding hydrogens is 316 g/mol. The van der Waals surface area contributed by atoms with Crippen molar-refractivity contribution in [2.45, 2.75) is 26.4 Å². The summed E-state index contributed by atoms with van der Waals surface area (Å²) in [5.41, 5.74) is 0.330. The van der Waals surface area contributed by atoms with Gasteiger partial charge in [0.05, 0.1) is 16.3 Å². The third-order valence-electron chi connectivity index (χ3n) is 3.81. The van der Waals surface area contributed by atoms with Gasteiger partial charge in [0.1, 0.15) is 0 Å². The molecule has 0 saturated carbocycles. The number of hydrogen-bond donors (Lipinski definition) is 3. The number of halogens is 1. The zero-order chi connectivity index (χ0) is 17.0. The second kappa shape index (κ2) is 7.02. The lowest BCUT2D eigenvalue weighted by Crippen LogP contribution is -2.45. The quantitative estimate of drug-likeness (QED) is 0.785. The molecule has 1 atom stereocenters. The predicted octanol–water partition coefficient (Wildman–Crippen LogP) is 3.05. The molecule has 23 heavy (non-hydrogen) atoms. The summed E-state index contributed by atoms with van der Waals surface area (Å²) in [6.07, 6.45) is 3.45. The van der Waals surface area contributed by atoms with E-state index in [9.17, 15) is 9.90 Å². The number of benzene rings is 1. The third kappa shape index (κ3) is 4.46. The Balaban J connectivity index is 1.98. The molecule has 0 radical (unpaired) electrons. The second-order valence-electron chi connectivity index (χ2n) is 5.94. The van der Waals surface area contributed by atoms with Crippen molar-refractivity contribution in [2.75, 3.05) is 11.9 Å². The number of rotatable bonds is 5. The smallest absolute Gasteiger partial charge is 0.319 e. The van der Waals surface area contributed by atoms with Crippen LogP contribution in [0.25, 0.3) is 5.69 Å². The first-order valence-corrected chi connectivity index (χ1v) is 7.74. The van der Waals surface area contributed by atoms with E-state index in [1.54, 1.807) is 48.3 Å². The molecule has 1 aromatic heterocycles. The molecule has 0 fully saturated rings. The summed E-state index contributed by atoms with van der Waals surface area (Å²) in [5.74, 6) is 0.0330. The highest BCUT2D eigenvalue weighted by Gasteiger charge is 2.25. The number of aromatic nitrogens is 2. The highest BCUT2D eigenvalue weighted by Crippen LogP contribution is 2.23. The van der Waals surface area contributed by atoms with Gasteiger partial charge in [0.15, 0.2) is 0 Å². The van der Waals surface area contributed by atoms with Crippen molar-refractivity contribution in [3.8, 4) is 5.69 Å². The molecular formula is C16H21ClN4O2. The lowest BCUT2D eigenvalue weighted by Gasteiger charge is -2.27. The van der Waals surface area contributed by atoms with Crippen LogP contribution in [-0.4, -0.2) is 33.1 Å². The number of carbonyl (C=O) groups excluding carboxylic acids is 1. The number of nitrogens with zero attached hydrogens (tertiary/aromatic N) is 2. The number of carbonyl (C=O) groups is 1. The van der Waals surface area contributed by atoms with E-state index in [0.29, 0.717) is 10.7 Å². The Morgan fingerprint density at radius 1 is 1.48 bits per heavy atom. The maximum atomic E-state index is 11.9. The van der Waals surface area contributed by atoms with Crippen molar-refractivity contribution < 1.29 is 9.90 Å². The Bertz CT molecular complexity index is 669. The SMILES string of the molecule is CC(C)C(C)(O)CNC(=O)Nc1ccc(-n2cccn2)c(Cl)c1. The molecule has 7 heteroatoms. The van der Waals surface area contributed by atoms with Crippen LogP contribution in [-0.2, 0) is 0 Å². The van der Waals surface area contributed by atoms with Gasteiger partial charge in [-0.3, -0.25) is 0 Å². The van der Waals surface area contributed by atoms with E-state index in [4.69, 9.17) is 11.6 Å². The van der Waals surface area contributed by atoms with Gasteiger partial charge in [-0.25, -0.2) is 9.48 Å². The Hall–Kier alpha value is -2.05. The van der Waals surface area contributed by atoms with Gasteiger partial charge in [-0.2, -0.15) is 5.10 Å². The zero-order valence-corrected chi connectivity index (χ0v) is 14.1. The molecule has 0 aliphatic carbocycles. The summed E-state index contributed by atoms with van der Waals surface area (Å²) in [5, 5.41) is 20.1. The Labute approximate surface area is 140 Å². The molecule has 0 bridgehead atoms. The summed E-state index contributed by atoms with van der Waals surface area (Å²) in [6, 6.07) is 6.57. The molecule has 3 N–H and O–H groups in total. The standard InChI is InChI=1S/C16H21ClN4O2/c1-11(2)16(3,23)10-18-15(22)20-12-5-6-14(13(17)9-12)21-8-4-7-19-21/h4-9,11,23H,10H2,1-3H3,(H2,18,20,22). The van der Waals surface area contributed by atoms with Crippen molar-refractivity contribution in [1.29, 1.82) is 0 Å². The van der Waals surface area contributed by atoms with Crippen LogP contribution in [0.15, 0.2) is 36.7 Å². The minimum absolute atomic E-state index is 0.0330. The van der Waals surface area contributed by atoms with Gasteiger partial charge in [0.25, 0.3) is 0 Å². The van der Waals surface area contributed by atoms with Crippen molar-refractivity contribution in [1.82, 2.24) is 15.1 Å². The van der Waals surface area contributed by atoms with Gasteiger partial charge in [0, 0.05) is 24.6 Å². The molecule has 0 saturated heterocycles. The molecule has 1 unspecified atom stereocenters. The number of amides is 2. The second-order valence-corrected chi connectivity index (χ2v) is 6.34. The van der Waals surface area contributed by atoms with Gasteiger partial charge in [-0.1, -0.05) is 25.4 Å². The van der Waals surface area contributed by atoms with Gasteiger partial charge in [0.2, 0.25) is 0 Å². The largest absolute Gasteiger partial charge is 0.388 e. The highest BCUT2D eigenvalue weighted by atomic mass is 35.5. The maximum absolute atomic E-state index is 11.9. The number of aliphatic hydroxyl groups is 1. The normalized spacial score (nSPS) is 13.7. The van der Waals surface area contributed by atoms with Crippen LogP contribution >= 0.6 is 11.6 Å². The molecule has 0 aliphatic heterocycles. The first-order chi connectivity index (χ1) is 10.8. The van der Waals surface area contributed by atoms with Gasteiger partial charge < -0.3 is 15.7 Å². The highest BCUT2D eigenvalue weighted by molar-refractivity contribution is 6.32. The fourth-order valence-corrected chi connectivity index (χ4v) is 2.09. The van der Waals surface area contributed by atoms with E-state index in [0.717, 1.165) is 5.69 Å². The first-order valence-electron chi connectivity index (χ1n) is 7.36. The lowest BCUT2D eigenvalue weighted by atomic mass is 9.93. The van der Waals surface area contributed by atoms with Crippen LogP contribution in [0.2, 0.25) is 5.02 Å². The number of nitrogens with one attached hydrogen (secondary N) is 2. The van der Waals surface area contributed by atoms with Crippen LogP contribution in [0.3, 0.4) is 0 Å². The molecule has 0 aliphatic rings. The average Bonchev–Trinajstić information content (AvgIpc) is 2.99. The zero-order valence-electron chi connectivity index (χ0n) is 13.4. The van der Waals surface area contributed by atoms with E-state index in [-0.39, 0.29) is 12.5 Å². The van der Waals surface area contributed by atoms with Crippen LogP contribution in [0.5, 0.6) is 0 Å². The van der Waals surface area contributed by atoms with Crippen molar-refractivity contribution in [3.05, 3.63) is 41.7 Å². The molecule has 2 aromatic rings. The molecule has 1 aromatic carbocycles. The number of anilines is 1. The van der Waals surface area contributed by atoms with E-state index >= 15 is 0 Å². The third-order valence-corrected chi connectivity index (χ3v) is 4.11. The molecule has 2 amide bonds. The minimum Gasteiger partial charge on any atom is -0.388 e. The summed E-state index contributed by atoms with van der Waals surface area (Å²) in [7, 11) is 0. The van der Waals surface area contributed by atoms with Gasteiger partial charge in [-0.05, 0) is 37.1 Å². The summed E-state index contributed by atoms with van der Waals surface area (Å²) >= 11 is 6.22. The number of urea groups is 1. The lowest BCUT2D eigenvalue weighted by molar-refractivity contribution is 0.0170. The predicted molar refractivity (Wildman–Crippen MR) is 91.1 cm³/mol. The molecule has 2 rings (SSSR count). The Morgan fingerprint density at radius 2 is 2.22 bits per heavy atom. The molecule has 0 spiro atoms. The van der Waals surface area contributed by atoms with Crippen LogP contribution in [0.4, 0.5) is 10.5 Å². The Morgan fingerprint density at radius 3 is 2.78 bits per heavy atom. The van der Waals surface area contributed by atoms with E-state index in [1.807, 2.05) is 13.8 Å². The summed E-state index contributed by atoms with van der Waals surface area (Å²) in [6.45, 7) is 5.64. The summed E-state index contributed by atoms with van der Waals surface area (Å²) in [4.78, 5) is 11.9. The van der Waals surface area contributed by atoms with E-state index in [2.05, 4.69) is 15.7 Å². The topological polar surface area (TPSA) is 79.2 Å². The Kier molecular flexibility index (Phi) is 5.28. The van der Waals surface area contributed by atoms with E-state index < -0.39 is 11.6 Å². The minimum atomic E-state index is -0.959.